The average Bonchev–Trinajstić information content (AvgIpc) is 2.53. The predicted molar refractivity (Wildman–Crippen MR) is 45.8 cm³/mol. The Bertz CT molecular complexity index is 320. The Morgan fingerprint density at radius 1 is 1.46 bits per heavy atom. The van der Waals surface area contributed by atoms with Gasteiger partial charge in [0.2, 0.25) is 5.95 Å². The van der Waals surface area contributed by atoms with Crippen LogP contribution in [0.1, 0.15) is 30.7 Å². The first kappa shape index (κ1) is 8.35. The molecule has 1 heterocycles. The summed E-state index contributed by atoms with van der Waals surface area (Å²) >= 11 is 0. The minimum absolute atomic E-state index is 0.264. The van der Waals surface area contributed by atoms with Crippen molar-refractivity contribution in [1.29, 1.82) is 0 Å². The molecular formula is C10H10FNO. The predicted octanol–water partition coefficient (Wildman–Crippen LogP) is 2.06. The van der Waals surface area contributed by atoms with Gasteiger partial charge >= 0.3 is 0 Å². The van der Waals surface area contributed by atoms with Gasteiger partial charge in [-0.25, -0.2) is 4.98 Å². The van der Waals surface area contributed by atoms with Crippen molar-refractivity contribution in [2.75, 3.05) is 0 Å². The van der Waals surface area contributed by atoms with Crippen LogP contribution in [0, 0.1) is 5.95 Å². The summed E-state index contributed by atoms with van der Waals surface area (Å²) in [7, 11) is 0. The second kappa shape index (κ2) is 3.24. The maximum absolute atomic E-state index is 12.5. The van der Waals surface area contributed by atoms with Crippen molar-refractivity contribution in [3.63, 3.8) is 0 Å². The zero-order valence-electron chi connectivity index (χ0n) is 7.16. The number of rotatable bonds is 1. The lowest BCUT2D eigenvalue weighted by molar-refractivity contribution is -0.117. The molecule has 13 heavy (non-hydrogen) atoms. The van der Waals surface area contributed by atoms with Crippen molar-refractivity contribution in [2.45, 2.75) is 25.2 Å². The largest absolute Gasteiger partial charge is 0.300 e. The standard InChI is InChI=1S/C10H10FNO/c11-10-4-2-8(6-12-10)7-1-3-9(13)5-7/h2,4,6-7H,1,3,5H2. The Kier molecular flexibility index (Phi) is 2.08. The molecule has 0 radical (unpaired) electrons. The third-order valence-electron chi connectivity index (χ3n) is 2.47. The van der Waals surface area contributed by atoms with Crippen LogP contribution in [0.3, 0.4) is 0 Å². The topological polar surface area (TPSA) is 30.0 Å². The summed E-state index contributed by atoms with van der Waals surface area (Å²) in [6, 6.07) is 3.06. The van der Waals surface area contributed by atoms with Gasteiger partial charge in [0.05, 0.1) is 0 Å². The number of hydrogen-bond acceptors (Lipinski definition) is 2. The van der Waals surface area contributed by atoms with Gasteiger partial charge in [0.1, 0.15) is 5.78 Å². The third-order valence-corrected chi connectivity index (χ3v) is 2.47. The van der Waals surface area contributed by atoms with E-state index in [0.717, 1.165) is 12.0 Å². The lowest BCUT2D eigenvalue weighted by Crippen LogP contribution is -1.95. The van der Waals surface area contributed by atoms with Crippen LogP contribution in [0.5, 0.6) is 0 Å². The Labute approximate surface area is 75.8 Å². The molecule has 0 aliphatic heterocycles. The molecule has 1 fully saturated rings. The van der Waals surface area contributed by atoms with E-state index >= 15 is 0 Å². The van der Waals surface area contributed by atoms with Crippen LogP contribution in [0.4, 0.5) is 4.39 Å². The number of ketones is 1. The summed E-state index contributed by atoms with van der Waals surface area (Å²) in [5.74, 6) is 0.1000. The maximum Gasteiger partial charge on any atom is 0.212 e. The highest BCUT2D eigenvalue weighted by Crippen LogP contribution is 2.31. The number of carbonyl (C=O) groups excluding carboxylic acids is 1. The Hall–Kier alpha value is -1.25. The zero-order valence-corrected chi connectivity index (χ0v) is 7.16. The van der Waals surface area contributed by atoms with Crippen molar-refractivity contribution in [3.05, 3.63) is 29.8 Å². The smallest absolute Gasteiger partial charge is 0.212 e. The lowest BCUT2D eigenvalue weighted by Gasteiger charge is -2.06. The molecule has 68 valence electrons. The molecule has 1 aliphatic rings. The number of pyridine rings is 1. The first-order valence-corrected chi connectivity index (χ1v) is 4.39. The molecular weight excluding hydrogens is 169 g/mol. The fraction of sp³-hybridized carbons (Fsp3) is 0.400. The summed E-state index contributed by atoms with van der Waals surface area (Å²) in [6.45, 7) is 0. The number of hydrogen-bond donors (Lipinski definition) is 0. The van der Waals surface area contributed by atoms with Gasteiger partial charge in [-0.2, -0.15) is 4.39 Å². The van der Waals surface area contributed by atoms with Gasteiger partial charge in [0.25, 0.3) is 0 Å². The fourth-order valence-electron chi connectivity index (χ4n) is 1.73. The summed E-state index contributed by atoms with van der Waals surface area (Å²) in [5.41, 5.74) is 0.979. The quantitative estimate of drug-likeness (QED) is 0.617. The Balaban J connectivity index is 2.17. The van der Waals surface area contributed by atoms with Crippen LogP contribution in [0.25, 0.3) is 0 Å². The molecule has 3 heteroatoms. The highest BCUT2D eigenvalue weighted by Gasteiger charge is 2.23. The van der Waals surface area contributed by atoms with E-state index in [1.165, 1.54) is 12.3 Å². The Morgan fingerprint density at radius 2 is 2.31 bits per heavy atom. The summed E-state index contributed by atoms with van der Waals surface area (Å²) in [6.07, 6.45) is 3.65. The van der Waals surface area contributed by atoms with Crippen LogP contribution in [-0.2, 0) is 4.79 Å². The van der Waals surface area contributed by atoms with Crippen molar-refractivity contribution in [1.82, 2.24) is 4.98 Å². The molecule has 1 aromatic rings. The molecule has 1 unspecified atom stereocenters. The van der Waals surface area contributed by atoms with E-state index in [1.54, 1.807) is 6.07 Å². The monoisotopic (exact) mass is 179 g/mol. The average molecular weight is 179 g/mol. The molecule has 2 nitrogen and oxygen atoms in total. The van der Waals surface area contributed by atoms with E-state index in [2.05, 4.69) is 4.98 Å². The highest BCUT2D eigenvalue weighted by atomic mass is 19.1. The third kappa shape index (κ3) is 1.74. The van der Waals surface area contributed by atoms with Crippen LogP contribution in [-0.4, -0.2) is 10.8 Å². The van der Waals surface area contributed by atoms with Crippen molar-refractivity contribution in [3.8, 4) is 0 Å². The summed E-state index contributed by atoms with van der Waals surface area (Å²) in [4.78, 5) is 14.6. The van der Waals surface area contributed by atoms with Crippen LogP contribution < -0.4 is 0 Å². The van der Waals surface area contributed by atoms with E-state index in [9.17, 15) is 9.18 Å². The minimum atomic E-state index is -0.465. The van der Waals surface area contributed by atoms with E-state index in [4.69, 9.17) is 0 Å². The molecule has 0 N–H and O–H groups in total. The zero-order chi connectivity index (χ0) is 9.26. The van der Waals surface area contributed by atoms with Gasteiger partial charge in [-0.3, -0.25) is 4.79 Å². The second-order valence-electron chi connectivity index (χ2n) is 3.39. The first-order valence-electron chi connectivity index (χ1n) is 4.39. The second-order valence-corrected chi connectivity index (χ2v) is 3.39. The van der Waals surface area contributed by atoms with E-state index < -0.39 is 5.95 Å². The van der Waals surface area contributed by atoms with Gasteiger partial charge in [0, 0.05) is 19.0 Å². The van der Waals surface area contributed by atoms with Crippen molar-refractivity contribution in [2.24, 2.45) is 0 Å². The molecule has 0 bridgehead atoms. The molecule has 0 saturated heterocycles. The van der Waals surface area contributed by atoms with Crippen LogP contribution in [0.15, 0.2) is 18.3 Å². The molecule has 1 saturated carbocycles. The van der Waals surface area contributed by atoms with Gasteiger partial charge in [-0.1, -0.05) is 6.07 Å². The van der Waals surface area contributed by atoms with E-state index in [0.29, 0.717) is 18.6 Å². The molecule has 0 aromatic carbocycles. The Morgan fingerprint density at radius 3 is 2.85 bits per heavy atom. The normalized spacial score (nSPS) is 22.2. The molecule has 0 spiro atoms. The van der Waals surface area contributed by atoms with Crippen LogP contribution >= 0.6 is 0 Å². The fourth-order valence-corrected chi connectivity index (χ4v) is 1.73. The molecule has 1 atom stereocenters. The van der Waals surface area contributed by atoms with E-state index in [-0.39, 0.29) is 5.92 Å². The van der Waals surface area contributed by atoms with Crippen molar-refractivity contribution >= 4 is 5.78 Å². The number of halogens is 1. The van der Waals surface area contributed by atoms with Crippen molar-refractivity contribution < 1.29 is 9.18 Å². The van der Waals surface area contributed by atoms with E-state index in [1.807, 2.05) is 0 Å². The highest BCUT2D eigenvalue weighted by molar-refractivity contribution is 5.81. The lowest BCUT2D eigenvalue weighted by atomic mass is 10.00. The number of Topliss-reactive ketones (excluding diaryl/α,β-unsaturated/α-hetero) is 1. The molecule has 0 amide bonds. The molecule has 1 aliphatic carbocycles. The number of carbonyl (C=O) groups is 1. The summed E-state index contributed by atoms with van der Waals surface area (Å²) < 4.78 is 12.5. The number of nitrogens with zero attached hydrogens (tertiary/aromatic N) is 1. The number of aromatic nitrogens is 1. The SMILES string of the molecule is O=C1CCC(c2ccc(F)nc2)C1. The molecule has 1 aromatic heterocycles. The van der Waals surface area contributed by atoms with Crippen LogP contribution in [0.2, 0.25) is 0 Å². The van der Waals surface area contributed by atoms with Gasteiger partial charge in [-0.05, 0) is 24.0 Å². The summed E-state index contributed by atoms with van der Waals surface area (Å²) in [5, 5.41) is 0. The van der Waals surface area contributed by atoms with Gasteiger partial charge in [-0.15, -0.1) is 0 Å². The van der Waals surface area contributed by atoms with Gasteiger partial charge < -0.3 is 0 Å². The first-order chi connectivity index (χ1) is 6.25. The maximum atomic E-state index is 12.5. The minimum Gasteiger partial charge on any atom is -0.300 e. The van der Waals surface area contributed by atoms with Gasteiger partial charge in [0.15, 0.2) is 0 Å². The molecule has 2 rings (SSSR count).